The fraction of sp³-hybridized carbons (Fsp3) is 0.300. The van der Waals surface area contributed by atoms with Crippen molar-refractivity contribution in [3.8, 4) is 17.2 Å². The molecular formula is C20H20N4O7S. The number of morpholine rings is 1. The minimum atomic E-state index is -3.88. The second-order valence-corrected chi connectivity index (χ2v) is 9.01. The van der Waals surface area contributed by atoms with E-state index in [1.165, 1.54) is 16.4 Å². The zero-order valence-corrected chi connectivity index (χ0v) is 17.9. The Hall–Kier alpha value is -3.35. The van der Waals surface area contributed by atoms with E-state index in [4.69, 9.17) is 14.0 Å². The highest BCUT2D eigenvalue weighted by molar-refractivity contribution is 7.89. The van der Waals surface area contributed by atoms with Crippen molar-refractivity contribution in [2.24, 2.45) is 0 Å². The number of benzene rings is 2. The summed E-state index contributed by atoms with van der Waals surface area (Å²) in [7, 11) is -3.88. The minimum Gasteiger partial charge on any atom is -0.478 e. The van der Waals surface area contributed by atoms with Crippen LogP contribution in [-0.4, -0.2) is 54.1 Å². The Morgan fingerprint density at radius 3 is 2.56 bits per heavy atom. The third kappa shape index (κ3) is 4.61. The Balaban J connectivity index is 1.52. The van der Waals surface area contributed by atoms with Crippen LogP contribution in [0.4, 0.5) is 5.69 Å². The lowest BCUT2D eigenvalue weighted by molar-refractivity contribution is -0.386. The smallest absolute Gasteiger partial charge is 0.312 e. The fourth-order valence-corrected chi connectivity index (χ4v) is 4.56. The molecule has 0 saturated carbocycles. The zero-order chi connectivity index (χ0) is 22.7. The average Bonchev–Trinajstić information content (AvgIpc) is 3.27. The molecule has 11 nitrogen and oxygen atoms in total. The zero-order valence-electron chi connectivity index (χ0n) is 17.1. The lowest BCUT2D eigenvalue weighted by Gasteiger charge is -2.26. The van der Waals surface area contributed by atoms with E-state index < -0.39 is 20.6 Å². The minimum absolute atomic E-state index is 0.0994. The van der Waals surface area contributed by atoms with Gasteiger partial charge >= 0.3 is 5.69 Å². The Morgan fingerprint density at radius 2 is 1.88 bits per heavy atom. The predicted molar refractivity (Wildman–Crippen MR) is 111 cm³/mol. The first-order chi connectivity index (χ1) is 15.3. The van der Waals surface area contributed by atoms with Crippen LogP contribution < -0.4 is 4.74 Å². The average molecular weight is 460 g/mol. The maximum absolute atomic E-state index is 12.8. The van der Waals surface area contributed by atoms with Gasteiger partial charge in [-0.1, -0.05) is 22.9 Å². The molecule has 32 heavy (non-hydrogen) atoms. The molecule has 0 spiro atoms. The highest BCUT2D eigenvalue weighted by Crippen LogP contribution is 2.31. The van der Waals surface area contributed by atoms with Crippen molar-refractivity contribution in [2.45, 2.75) is 18.4 Å². The van der Waals surface area contributed by atoms with E-state index in [2.05, 4.69) is 10.1 Å². The van der Waals surface area contributed by atoms with Gasteiger partial charge < -0.3 is 14.0 Å². The van der Waals surface area contributed by atoms with Crippen molar-refractivity contribution in [1.82, 2.24) is 14.4 Å². The van der Waals surface area contributed by atoms with Gasteiger partial charge in [-0.2, -0.15) is 9.29 Å². The highest BCUT2D eigenvalue weighted by atomic mass is 32.2. The Bertz CT molecular complexity index is 1220. The number of aryl methyl sites for hydroxylation is 1. The molecule has 1 aliphatic heterocycles. The lowest BCUT2D eigenvalue weighted by atomic mass is 10.1. The Morgan fingerprint density at radius 1 is 1.16 bits per heavy atom. The summed E-state index contributed by atoms with van der Waals surface area (Å²) in [4.78, 5) is 14.9. The van der Waals surface area contributed by atoms with Crippen LogP contribution in [0.2, 0.25) is 0 Å². The second kappa shape index (κ2) is 9.02. The molecule has 0 amide bonds. The van der Waals surface area contributed by atoms with Crippen molar-refractivity contribution in [2.75, 3.05) is 26.3 Å². The quantitative estimate of drug-likeness (QED) is 0.384. The van der Waals surface area contributed by atoms with E-state index in [-0.39, 0.29) is 49.4 Å². The summed E-state index contributed by atoms with van der Waals surface area (Å²) in [5.41, 5.74) is 1.35. The number of sulfonamides is 1. The van der Waals surface area contributed by atoms with Crippen LogP contribution in [0.1, 0.15) is 11.4 Å². The molecule has 0 radical (unpaired) electrons. The van der Waals surface area contributed by atoms with Gasteiger partial charge in [0.25, 0.3) is 5.89 Å². The number of rotatable bonds is 7. The summed E-state index contributed by atoms with van der Waals surface area (Å²) in [6.07, 6.45) is 0. The van der Waals surface area contributed by atoms with E-state index in [9.17, 15) is 18.5 Å². The van der Waals surface area contributed by atoms with E-state index in [0.717, 1.165) is 17.2 Å². The predicted octanol–water partition coefficient (Wildman–Crippen LogP) is 2.55. The number of ether oxygens (including phenoxy) is 2. The molecule has 0 aliphatic carbocycles. The van der Waals surface area contributed by atoms with Gasteiger partial charge in [-0.15, -0.1) is 0 Å². The molecule has 2 aromatic carbocycles. The number of nitrogens with zero attached hydrogens (tertiary/aromatic N) is 4. The van der Waals surface area contributed by atoms with Crippen LogP contribution in [-0.2, 0) is 21.4 Å². The van der Waals surface area contributed by atoms with Gasteiger partial charge in [-0.25, -0.2) is 8.42 Å². The molecule has 1 fully saturated rings. The number of hydrogen-bond donors (Lipinski definition) is 0. The summed E-state index contributed by atoms with van der Waals surface area (Å²) in [5, 5.41) is 15.4. The molecule has 2 heterocycles. The largest absolute Gasteiger partial charge is 0.478 e. The second-order valence-electron chi connectivity index (χ2n) is 7.07. The molecule has 0 bridgehead atoms. The number of nitro groups is 1. The maximum atomic E-state index is 12.8. The molecule has 168 valence electrons. The fourth-order valence-electron chi connectivity index (χ4n) is 3.13. The monoisotopic (exact) mass is 460 g/mol. The molecule has 0 N–H and O–H groups in total. The molecule has 0 unspecified atom stereocenters. The van der Waals surface area contributed by atoms with Gasteiger partial charge in [0, 0.05) is 24.7 Å². The van der Waals surface area contributed by atoms with Crippen molar-refractivity contribution in [1.29, 1.82) is 0 Å². The standard InChI is InChI=1S/C20H20N4O7S/c1-14-2-4-15(5-3-14)20-21-19(22-31-20)13-30-18-7-6-16(12-17(18)24(25)26)32(27,28)23-8-10-29-11-9-23/h2-7,12H,8-11,13H2,1H3. The molecule has 0 atom stereocenters. The van der Waals surface area contributed by atoms with Crippen LogP contribution >= 0.6 is 0 Å². The number of nitro benzene ring substituents is 1. The van der Waals surface area contributed by atoms with E-state index >= 15 is 0 Å². The molecule has 1 saturated heterocycles. The Kier molecular flexibility index (Phi) is 6.17. The third-order valence-electron chi connectivity index (χ3n) is 4.86. The lowest BCUT2D eigenvalue weighted by Crippen LogP contribution is -2.40. The van der Waals surface area contributed by atoms with Crippen molar-refractivity contribution < 1.29 is 27.3 Å². The third-order valence-corrected chi connectivity index (χ3v) is 6.75. The van der Waals surface area contributed by atoms with Crippen LogP contribution in [0.5, 0.6) is 5.75 Å². The molecule has 3 aromatic rings. The Labute approximate surface area is 183 Å². The van der Waals surface area contributed by atoms with E-state index in [1.54, 1.807) is 0 Å². The summed E-state index contributed by atoms with van der Waals surface area (Å²) in [6, 6.07) is 11.0. The number of aromatic nitrogens is 2. The van der Waals surface area contributed by atoms with Gasteiger partial charge in [-0.05, 0) is 31.2 Å². The van der Waals surface area contributed by atoms with Crippen molar-refractivity contribution in [3.05, 3.63) is 64.0 Å². The van der Waals surface area contributed by atoms with Crippen LogP contribution in [0.15, 0.2) is 51.9 Å². The summed E-state index contributed by atoms with van der Waals surface area (Å²) >= 11 is 0. The van der Waals surface area contributed by atoms with E-state index in [0.29, 0.717) is 5.89 Å². The first-order valence-electron chi connectivity index (χ1n) is 9.73. The normalized spacial score (nSPS) is 14.9. The van der Waals surface area contributed by atoms with Crippen molar-refractivity contribution in [3.63, 3.8) is 0 Å². The molecular weight excluding hydrogens is 440 g/mol. The molecule has 12 heteroatoms. The van der Waals surface area contributed by atoms with E-state index in [1.807, 2.05) is 31.2 Å². The summed E-state index contributed by atoms with van der Waals surface area (Å²) in [5.74, 6) is 0.391. The van der Waals surface area contributed by atoms with Gasteiger partial charge in [0.2, 0.25) is 15.8 Å². The first kappa shape index (κ1) is 21.9. The van der Waals surface area contributed by atoms with Crippen molar-refractivity contribution >= 4 is 15.7 Å². The summed E-state index contributed by atoms with van der Waals surface area (Å²) < 4.78 is 42.7. The van der Waals surface area contributed by atoms with Crippen LogP contribution in [0, 0.1) is 17.0 Å². The molecule has 1 aromatic heterocycles. The SMILES string of the molecule is Cc1ccc(-c2nc(COc3ccc(S(=O)(=O)N4CCOCC4)cc3[N+](=O)[O-])no2)cc1. The number of hydrogen-bond acceptors (Lipinski definition) is 9. The van der Waals surface area contributed by atoms with Gasteiger partial charge in [-0.3, -0.25) is 10.1 Å². The summed E-state index contributed by atoms with van der Waals surface area (Å²) in [6.45, 7) is 2.70. The van der Waals surface area contributed by atoms with Gasteiger partial charge in [0.15, 0.2) is 12.4 Å². The molecule has 4 rings (SSSR count). The van der Waals surface area contributed by atoms with Crippen LogP contribution in [0.25, 0.3) is 11.5 Å². The topological polar surface area (TPSA) is 138 Å². The molecule has 1 aliphatic rings. The highest BCUT2D eigenvalue weighted by Gasteiger charge is 2.29. The van der Waals surface area contributed by atoms with Crippen LogP contribution in [0.3, 0.4) is 0 Å². The van der Waals surface area contributed by atoms with Gasteiger partial charge in [0.05, 0.1) is 23.0 Å². The van der Waals surface area contributed by atoms with Gasteiger partial charge in [0.1, 0.15) is 0 Å². The first-order valence-corrected chi connectivity index (χ1v) is 11.2. The maximum Gasteiger partial charge on any atom is 0.312 e.